The van der Waals surface area contributed by atoms with Crippen LogP contribution in [0.2, 0.25) is 0 Å². The summed E-state index contributed by atoms with van der Waals surface area (Å²) in [6, 6.07) is 8.21. The minimum absolute atomic E-state index is 0.0292. The Balaban J connectivity index is 2.32. The predicted molar refractivity (Wildman–Crippen MR) is 79.0 cm³/mol. The monoisotopic (exact) mass is 311 g/mol. The van der Waals surface area contributed by atoms with Gasteiger partial charge in [0.2, 0.25) is 0 Å². The molecule has 21 heavy (non-hydrogen) atoms. The van der Waals surface area contributed by atoms with Crippen molar-refractivity contribution < 1.29 is 13.2 Å². The Morgan fingerprint density at radius 2 is 1.81 bits per heavy atom. The third-order valence-electron chi connectivity index (χ3n) is 3.07. The van der Waals surface area contributed by atoms with Crippen molar-refractivity contribution in [1.82, 2.24) is 5.32 Å². The predicted octanol–water partition coefficient (Wildman–Crippen LogP) is 4.93. The third kappa shape index (κ3) is 4.02. The molecule has 0 saturated heterocycles. The summed E-state index contributed by atoms with van der Waals surface area (Å²) in [4.78, 5) is 1.39. The molecule has 1 atom stereocenters. The van der Waals surface area contributed by atoms with Crippen LogP contribution in [-0.2, 0) is 0 Å². The molecule has 0 spiro atoms. The van der Waals surface area contributed by atoms with Gasteiger partial charge in [-0.2, -0.15) is 0 Å². The fraction of sp³-hybridized carbons (Fsp3) is 0.250. The number of benzene rings is 2. The molecule has 0 fully saturated rings. The highest BCUT2D eigenvalue weighted by Gasteiger charge is 2.13. The standard InChI is InChI=1S/C16H16F3NS/c1-3-20-10(2)13-8-11(17)4-7-16(13)21-12-5-6-14(18)15(19)9-12/h4-10,20H,3H2,1-2H3. The van der Waals surface area contributed by atoms with Crippen LogP contribution in [-0.4, -0.2) is 6.54 Å². The van der Waals surface area contributed by atoms with Crippen LogP contribution in [0.25, 0.3) is 0 Å². The third-order valence-corrected chi connectivity index (χ3v) is 4.15. The summed E-state index contributed by atoms with van der Waals surface area (Å²) in [7, 11) is 0. The highest BCUT2D eigenvalue weighted by atomic mass is 32.2. The Morgan fingerprint density at radius 1 is 1.05 bits per heavy atom. The molecule has 5 heteroatoms. The van der Waals surface area contributed by atoms with E-state index in [0.717, 1.165) is 29.1 Å². The summed E-state index contributed by atoms with van der Waals surface area (Å²) in [5.41, 5.74) is 0.798. The van der Waals surface area contributed by atoms with Gasteiger partial charge in [-0.25, -0.2) is 13.2 Å². The molecule has 2 rings (SSSR count). The van der Waals surface area contributed by atoms with Crippen LogP contribution in [0.5, 0.6) is 0 Å². The Bertz CT molecular complexity index is 631. The van der Waals surface area contributed by atoms with Gasteiger partial charge in [0.1, 0.15) is 5.82 Å². The fourth-order valence-corrected chi connectivity index (χ4v) is 3.08. The van der Waals surface area contributed by atoms with Gasteiger partial charge in [-0.1, -0.05) is 18.7 Å². The first-order valence-electron chi connectivity index (χ1n) is 6.67. The Morgan fingerprint density at radius 3 is 2.48 bits per heavy atom. The van der Waals surface area contributed by atoms with Crippen molar-refractivity contribution in [3.63, 3.8) is 0 Å². The lowest BCUT2D eigenvalue weighted by Crippen LogP contribution is -2.18. The van der Waals surface area contributed by atoms with Gasteiger partial charge in [-0.05, 0) is 55.4 Å². The molecule has 0 heterocycles. The lowest BCUT2D eigenvalue weighted by Gasteiger charge is -2.17. The summed E-state index contributed by atoms with van der Waals surface area (Å²) in [6.45, 7) is 4.67. The second-order valence-electron chi connectivity index (χ2n) is 4.64. The molecular weight excluding hydrogens is 295 g/mol. The van der Waals surface area contributed by atoms with Gasteiger partial charge >= 0.3 is 0 Å². The second kappa shape index (κ2) is 7.00. The molecule has 0 aliphatic rings. The van der Waals surface area contributed by atoms with E-state index in [0.29, 0.717) is 4.90 Å². The minimum Gasteiger partial charge on any atom is -0.310 e. The van der Waals surface area contributed by atoms with Crippen molar-refractivity contribution in [1.29, 1.82) is 0 Å². The van der Waals surface area contributed by atoms with Crippen LogP contribution in [0.4, 0.5) is 13.2 Å². The maximum atomic E-state index is 13.5. The van der Waals surface area contributed by atoms with Gasteiger partial charge in [0.15, 0.2) is 11.6 Å². The maximum absolute atomic E-state index is 13.5. The smallest absolute Gasteiger partial charge is 0.159 e. The first-order valence-corrected chi connectivity index (χ1v) is 7.48. The molecular formula is C16H16F3NS. The van der Waals surface area contributed by atoms with E-state index in [9.17, 15) is 13.2 Å². The van der Waals surface area contributed by atoms with Gasteiger partial charge in [0, 0.05) is 15.8 Å². The SMILES string of the molecule is CCNC(C)c1cc(F)ccc1Sc1ccc(F)c(F)c1. The average Bonchev–Trinajstić information content (AvgIpc) is 2.45. The van der Waals surface area contributed by atoms with E-state index in [2.05, 4.69) is 5.32 Å². The van der Waals surface area contributed by atoms with Crippen molar-refractivity contribution in [2.24, 2.45) is 0 Å². The van der Waals surface area contributed by atoms with Crippen LogP contribution in [0.3, 0.4) is 0 Å². The number of nitrogens with one attached hydrogen (secondary N) is 1. The van der Waals surface area contributed by atoms with Crippen molar-refractivity contribution >= 4 is 11.8 Å². The van der Waals surface area contributed by atoms with Gasteiger partial charge in [-0.15, -0.1) is 0 Å². The van der Waals surface area contributed by atoms with Crippen LogP contribution >= 0.6 is 11.8 Å². The topological polar surface area (TPSA) is 12.0 Å². The average molecular weight is 311 g/mol. The zero-order valence-corrected chi connectivity index (χ0v) is 12.6. The number of hydrogen-bond acceptors (Lipinski definition) is 2. The molecule has 0 bridgehead atoms. The van der Waals surface area contributed by atoms with Crippen LogP contribution in [0, 0.1) is 17.5 Å². The lowest BCUT2D eigenvalue weighted by atomic mass is 10.1. The number of halogens is 3. The van der Waals surface area contributed by atoms with Gasteiger partial charge in [-0.3, -0.25) is 0 Å². The van der Waals surface area contributed by atoms with E-state index in [1.54, 1.807) is 6.07 Å². The van der Waals surface area contributed by atoms with E-state index < -0.39 is 11.6 Å². The zero-order valence-electron chi connectivity index (χ0n) is 11.8. The first kappa shape index (κ1) is 15.9. The van der Waals surface area contributed by atoms with E-state index >= 15 is 0 Å². The second-order valence-corrected chi connectivity index (χ2v) is 5.75. The van der Waals surface area contributed by atoms with E-state index in [1.165, 1.54) is 30.0 Å². The van der Waals surface area contributed by atoms with E-state index in [-0.39, 0.29) is 11.9 Å². The molecule has 1 N–H and O–H groups in total. The van der Waals surface area contributed by atoms with Gasteiger partial charge in [0.25, 0.3) is 0 Å². The van der Waals surface area contributed by atoms with Crippen molar-refractivity contribution in [3.8, 4) is 0 Å². The normalized spacial score (nSPS) is 12.4. The highest BCUT2D eigenvalue weighted by Crippen LogP contribution is 2.34. The Labute approximate surface area is 126 Å². The van der Waals surface area contributed by atoms with Crippen LogP contribution in [0.1, 0.15) is 25.5 Å². The molecule has 0 amide bonds. The molecule has 0 aliphatic heterocycles. The van der Waals surface area contributed by atoms with Crippen LogP contribution < -0.4 is 5.32 Å². The molecule has 2 aromatic carbocycles. The van der Waals surface area contributed by atoms with E-state index in [1.807, 2.05) is 13.8 Å². The summed E-state index contributed by atoms with van der Waals surface area (Å²) in [5, 5.41) is 3.22. The van der Waals surface area contributed by atoms with Gasteiger partial charge in [0.05, 0.1) is 0 Å². The molecule has 0 aromatic heterocycles. The first-order chi connectivity index (χ1) is 10.0. The Hall–Kier alpha value is -1.46. The number of rotatable bonds is 5. The lowest BCUT2D eigenvalue weighted by molar-refractivity contribution is 0.506. The molecule has 1 unspecified atom stereocenters. The maximum Gasteiger partial charge on any atom is 0.159 e. The molecule has 112 valence electrons. The highest BCUT2D eigenvalue weighted by molar-refractivity contribution is 7.99. The van der Waals surface area contributed by atoms with E-state index in [4.69, 9.17) is 0 Å². The Kier molecular flexibility index (Phi) is 5.31. The summed E-state index contributed by atoms with van der Waals surface area (Å²) in [6.07, 6.45) is 0. The largest absolute Gasteiger partial charge is 0.310 e. The fourth-order valence-electron chi connectivity index (χ4n) is 2.03. The molecule has 2 aromatic rings. The van der Waals surface area contributed by atoms with Crippen molar-refractivity contribution in [3.05, 3.63) is 59.4 Å². The molecule has 0 saturated carbocycles. The zero-order chi connectivity index (χ0) is 15.4. The number of hydrogen-bond donors (Lipinski definition) is 1. The summed E-state index contributed by atoms with van der Waals surface area (Å²) < 4.78 is 39.7. The summed E-state index contributed by atoms with van der Waals surface area (Å²) >= 11 is 1.29. The summed E-state index contributed by atoms with van der Waals surface area (Å²) in [5.74, 6) is -2.08. The van der Waals surface area contributed by atoms with Crippen molar-refractivity contribution in [2.45, 2.75) is 29.7 Å². The van der Waals surface area contributed by atoms with Crippen molar-refractivity contribution in [2.75, 3.05) is 6.54 Å². The molecule has 1 nitrogen and oxygen atoms in total. The quantitative estimate of drug-likeness (QED) is 0.840. The molecule has 0 aliphatic carbocycles. The van der Waals surface area contributed by atoms with Gasteiger partial charge < -0.3 is 5.32 Å². The van der Waals surface area contributed by atoms with Crippen LogP contribution in [0.15, 0.2) is 46.2 Å². The molecule has 0 radical (unpaired) electrons. The minimum atomic E-state index is -0.886.